The Bertz CT molecular complexity index is 967. The largest absolute Gasteiger partial charge is 0.497 e. The fourth-order valence-electron chi connectivity index (χ4n) is 3.40. The van der Waals surface area contributed by atoms with E-state index in [0.29, 0.717) is 23.3 Å². The first-order valence-electron chi connectivity index (χ1n) is 9.42. The summed E-state index contributed by atoms with van der Waals surface area (Å²) in [6.45, 7) is 3.32. The van der Waals surface area contributed by atoms with E-state index in [1.165, 1.54) is 0 Å². The van der Waals surface area contributed by atoms with Crippen LogP contribution in [-0.2, 0) is 0 Å². The summed E-state index contributed by atoms with van der Waals surface area (Å²) in [4.78, 5) is 9.00. The molecule has 0 N–H and O–H groups in total. The normalized spacial score (nSPS) is 14.0. The van der Waals surface area contributed by atoms with Crippen molar-refractivity contribution < 1.29 is 18.7 Å². The lowest BCUT2D eigenvalue weighted by molar-refractivity contribution is 0.355. The third kappa shape index (κ3) is 3.91. The Morgan fingerprint density at radius 2 is 1.59 bits per heavy atom. The number of anilines is 2. The van der Waals surface area contributed by atoms with Crippen molar-refractivity contribution in [1.82, 2.24) is 10.1 Å². The summed E-state index contributed by atoms with van der Waals surface area (Å²) in [7, 11) is 4.89. The van der Waals surface area contributed by atoms with E-state index in [9.17, 15) is 0 Å². The summed E-state index contributed by atoms with van der Waals surface area (Å²) in [5.74, 6) is 2.68. The summed E-state index contributed by atoms with van der Waals surface area (Å²) >= 11 is 0. The fourth-order valence-corrected chi connectivity index (χ4v) is 3.40. The van der Waals surface area contributed by atoms with Gasteiger partial charge in [-0.1, -0.05) is 11.2 Å². The van der Waals surface area contributed by atoms with E-state index in [2.05, 4.69) is 32.1 Å². The van der Waals surface area contributed by atoms with Gasteiger partial charge in [-0.05, 0) is 30.3 Å². The number of rotatable bonds is 6. The average molecular weight is 396 g/mol. The highest BCUT2D eigenvalue weighted by atomic mass is 16.5. The van der Waals surface area contributed by atoms with Gasteiger partial charge in [0.2, 0.25) is 5.82 Å². The third-order valence-corrected chi connectivity index (χ3v) is 5.03. The minimum atomic E-state index is 0.524. The van der Waals surface area contributed by atoms with E-state index >= 15 is 0 Å². The van der Waals surface area contributed by atoms with Crippen molar-refractivity contribution >= 4 is 11.7 Å². The Hall–Kier alpha value is -3.42. The van der Waals surface area contributed by atoms with Gasteiger partial charge < -0.3 is 28.5 Å². The van der Waals surface area contributed by atoms with Crippen molar-refractivity contribution in [2.24, 2.45) is 0 Å². The van der Waals surface area contributed by atoms with Gasteiger partial charge >= 0.3 is 6.01 Å². The topological polar surface area (TPSA) is 73.1 Å². The molecule has 0 radical (unpaired) electrons. The van der Waals surface area contributed by atoms with Crippen LogP contribution in [0, 0.1) is 0 Å². The maximum atomic E-state index is 5.52. The number of aromatic nitrogens is 2. The molecule has 0 saturated carbocycles. The van der Waals surface area contributed by atoms with Gasteiger partial charge in [0.05, 0.1) is 21.3 Å². The lowest BCUT2D eigenvalue weighted by atomic mass is 10.2. The molecule has 1 aliphatic heterocycles. The number of ether oxygens (including phenoxy) is 3. The Balaban J connectivity index is 1.44. The maximum Gasteiger partial charge on any atom is 0.324 e. The Morgan fingerprint density at radius 3 is 2.31 bits per heavy atom. The molecule has 3 aromatic rings. The van der Waals surface area contributed by atoms with Gasteiger partial charge in [-0.2, -0.15) is 4.98 Å². The zero-order valence-corrected chi connectivity index (χ0v) is 16.8. The first-order valence-corrected chi connectivity index (χ1v) is 9.42. The highest BCUT2D eigenvalue weighted by molar-refractivity contribution is 5.61. The number of methoxy groups -OCH3 is 3. The maximum absolute atomic E-state index is 5.52. The van der Waals surface area contributed by atoms with Crippen LogP contribution < -0.4 is 24.0 Å². The van der Waals surface area contributed by atoms with Crippen molar-refractivity contribution in [1.29, 1.82) is 0 Å². The second kappa shape index (κ2) is 8.30. The van der Waals surface area contributed by atoms with Crippen LogP contribution in [0.5, 0.6) is 17.2 Å². The minimum absolute atomic E-state index is 0.524. The number of nitrogens with zero attached hydrogens (tertiary/aromatic N) is 4. The highest BCUT2D eigenvalue weighted by Gasteiger charge is 2.22. The van der Waals surface area contributed by atoms with Crippen molar-refractivity contribution in [3.63, 3.8) is 0 Å². The van der Waals surface area contributed by atoms with Crippen molar-refractivity contribution in [2.75, 3.05) is 57.3 Å². The molecule has 0 aliphatic carbocycles. The SMILES string of the molecule is COc1cccc(N2CCN(c3nc(-c4ccc(OC)c(OC)c4)no3)CC2)c1. The summed E-state index contributed by atoms with van der Waals surface area (Å²) in [6, 6.07) is 14.2. The average Bonchev–Trinajstić information content (AvgIpc) is 3.29. The van der Waals surface area contributed by atoms with Gasteiger partial charge in [0.1, 0.15) is 5.75 Å². The van der Waals surface area contributed by atoms with E-state index in [1.54, 1.807) is 21.3 Å². The molecule has 1 aromatic heterocycles. The molecule has 1 fully saturated rings. The molecule has 152 valence electrons. The van der Waals surface area contributed by atoms with E-state index in [4.69, 9.17) is 18.7 Å². The number of hydrogen-bond donors (Lipinski definition) is 0. The van der Waals surface area contributed by atoms with Crippen LogP contribution in [0.3, 0.4) is 0 Å². The molecule has 0 amide bonds. The molecule has 4 rings (SSSR count). The van der Waals surface area contributed by atoms with E-state index in [1.807, 2.05) is 30.3 Å². The lowest BCUT2D eigenvalue weighted by Crippen LogP contribution is -2.46. The highest BCUT2D eigenvalue weighted by Crippen LogP contribution is 2.32. The molecule has 2 heterocycles. The van der Waals surface area contributed by atoms with E-state index < -0.39 is 0 Å². The smallest absolute Gasteiger partial charge is 0.324 e. The molecule has 0 unspecified atom stereocenters. The number of hydrogen-bond acceptors (Lipinski definition) is 8. The van der Waals surface area contributed by atoms with Gasteiger partial charge in [-0.25, -0.2) is 0 Å². The van der Waals surface area contributed by atoms with E-state index in [-0.39, 0.29) is 0 Å². The predicted molar refractivity (Wildman–Crippen MR) is 110 cm³/mol. The molecular formula is C21H24N4O4. The van der Waals surface area contributed by atoms with Crippen LogP contribution in [0.4, 0.5) is 11.7 Å². The molecule has 1 aliphatic rings. The Morgan fingerprint density at radius 1 is 0.828 bits per heavy atom. The molecule has 0 spiro atoms. The standard InChI is InChI=1S/C21H24N4O4/c1-26-17-6-4-5-16(14-17)24-9-11-25(12-10-24)21-22-20(23-29-21)15-7-8-18(27-2)19(13-15)28-3/h4-8,13-14H,9-12H2,1-3H3. The summed E-state index contributed by atoms with van der Waals surface area (Å²) in [5, 5.41) is 4.14. The quantitative estimate of drug-likeness (QED) is 0.629. The summed E-state index contributed by atoms with van der Waals surface area (Å²) in [6.07, 6.45) is 0. The monoisotopic (exact) mass is 396 g/mol. The van der Waals surface area contributed by atoms with Crippen LogP contribution in [0.15, 0.2) is 47.0 Å². The lowest BCUT2D eigenvalue weighted by Gasteiger charge is -2.35. The molecule has 1 saturated heterocycles. The fraction of sp³-hybridized carbons (Fsp3) is 0.333. The summed E-state index contributed by atoms with van der Waals surface area (Å²) in [5.41, 5.74) is 1.97. The molecule has 8 nitrogen and oxygen atoms in total. The van der Waals surface area contributed by atoms with Crippen LogP contribution in [0.2, 0.25) is 0 Å². The molecule has 0 bridgehead atoms. The van der Waals surface area contributed by atoms with Crippen molar-refractivity contribution in [3.05, 3.63) is 42.5 Å². The first kappa shape index (κ1) is 18.9. The molecule has 2 aromatic carbocycles. The van der Waals surface area contributed by atoms with Crippen molar-refractivity contribution in [3.8, 4) is 28.6 Å². The van der Waals surface area contributed by atoms with Crippen LogP contribution in [-0.4, -0.2) is 57.6 Å². The predicted octanol–water partition coefficient (Wildman–Crippen LogP) is 3.09. The van der Waals surface area contributed by atoms with Gasteiger partial charge in [-0.3, -0.25) is 0 Å². The third-order valence-electron chi connectivity index (χ3n) is 5.03. The van der Waals surface area contributed by atoms with Crippen molar-refractivity contribution in [2.45, 2.75) is 0 Å². The first-order chi connectivity index (χ1) is 14.2. The van der Waals surface area contributed by atoms with Crippen LogP contribution in [0.1, 0.15) is 0 Å². The van der Waals surface area contributed by atoms with Gasteiger partial charge in [0.15, 0.2) is 11.5 Å². The molecule has 8 heteroatoms. The minimum Gasteiger partial charge on any atom is -0.497 e. The van der Waals surface area contributed by atoms with Gasteiger partial charge in [-0.15, -0.1) is 0 Å². The van der Waals surface area contributed by atoms with Gasteiger partial charge in [0, 0.05) is 43.5 Å². The summed E-state index contributed by atoms with van der Waals surface area (Å²) < 4.78 is 21.5. The number of piperazine rings is 1. The molecular weight excluding hydrogens is 372 g/mol. The second-order valence-corrected chi connectivity index (χ2v) is 6.65. The van der Waals surface area contributed by atoms with Crippen LogP contribution in [0.25, 0.3) is 11.4 Å². The molecule has 0 atom stereocenters. The molecule has 29 heavy (non-hydrogen) atoms. The zero-order chi connectivity index (χ0) is 20.2. The second-order valence-electron chi connectivity index (χ2n) is 6.65. The van der Waals surface area contributed by atoms with Gasteiger partial charge in [0.25, 0.3) is 0 Å². The van der Waals surface area contributed by atoms with E-state index in [0.717, 1.165) is 43.2 Å². The Labute approximate surface area is 169 Å². The zero-order valence-electron chi connectivity index (χ0n) is 16.8. The number of benzene rings is 2. The van der Waals surface area contributed by atoms with Crippen LogP contribution >= 0.6 is 0 Å². The Kier molecular flexibility index (Phi) is 5.41.